The van der Waals surface area contributed by atoms with Crippen LogP contribution in [0.2, 0.25) is 0 Å². The first-order valence-corrected chi connectivity index (χ1v) is 8.53. The van der Waals surface area contributed by atoms with Crippen molar-refractivity contribution in [3.05, 3.63) is 53.6 Å². The maximum atomic E-state index is 12.0. The summed E-state index contributed by atoms with van der Waals surface area (Å²) in [6.45, 7) is 4.73. The predicted octanol–water partition coefficient (Wildman–Crippen LogP) is 2.49. The van der Waals surface area contributed by atoms with E-state index >= 15 is 0 Å². The van der Waals surface area contributed by atoms with E-state index < -0.39 is 6.10 Å². The second-order valence-corrected chi connectivity index (χ2v) is 6.17. The number of amides is 1. The number of nitrogens with one attached hydrogen (secondary N) is 2. The van der Waals surface area contributed by atoms with Gasteiger partial charge < -0.3 is 25.2 Å². The molecule has 0 aliphatic carbocycles. The Hall–Kier alpha value is -2.57. The van der Waals surface area contributed by atoms with Gasteiger partial charge in [0.05, 0.1) is 13.2 Å². The molecule has 0 fully saturated rings. The Morgan fingerprint density at radius 1 is 1.15 bits per heavy atom. The minimum atomic E-state index is -0.397. The fourth-order valence-electron chi connectivity index (χ4n) is 2.34. The summed E-state index contributed by atoms with van der Waals surface area (Å²) in [6.07, 6.45) is -0.397. The number of anilines is 1. The molecule has 6 nitrogen and oxygen atoms in total. The lowest BCUT2D eigenvalue weighted by Gasteiger charge is -2.13. The maximum Gasteiger partial charge on any atom is 0.262 e. The number of benzene rings is 2. The second-order valence-electron chi connectivity index (χ2n) is 6.17. The van der Waals surface area contributed by atoms with E-state index in [1.54, 1.807) is 20.1 Å². The van der Waals surface area contributed by atoms with Gasteiger partial charge in [-0.25, -0.2) is 0 Å². The van der Waals surface area contributed by atoms with Gasteiger partial charge in [0, 0.05) is 18.8 Å². The number of aliphatic hydroxyl groups is 1. The molecule has 6 heteroatoms. The molecule has 0 saturated heterocycles. The summed E-state index contributed by atoms with van der Waals surface area (Å²) in [4.78, 5) is 12.0. The van der Waals surface area contributed by atoms with E-state index in [4.69, 9.17) is 9.47 Å². The van der Waals surface area contributed by atoms with Crippen molar-refractivity contribution in [3.8, 4) is 11.5 Å². The molecule has 2 aromatic carbocycles. The minimum absolute atomic E-state index is 0.107. The SMILES string of the molecule is COc1cc(CNC[C@H](C)O)ccc1OCC(=O)Nc1ccc(C)cc1. The van der Waals surface area contributed by atoms with E-state index in [0.29, 0.717) is 24.6 Å². The van der Waals surface area contributed by atoms with E-state index in [9.17, 15) is 9.90 Å². The standard InChI is InChI=1S/C20H26N2O4/c1-14-4-7-17(8-5-14)22-20(24)13-26-18-9-6-16(10-19(18)25-3)12-21-11-15(2)23/h4-10,15,21,23H,11-13H2,1-3H3,(H,22,24)/t15-/m0/s1. The molecule has 0 aromatic heterocycles. The molecule has 0 bridgehead atoms. The molecule has 0 radical (unpaired) electrons. The summed E-state index contributed by atoms with van der Waals surface area (Å²) in [5.74, 6) is 0.828. The van der Waals surface area contributed by atoms with Gasteiger partial charge in [0.25, 0.3) is 5.91 Å². The monoisotopic (exact) mass is 358 g/mol. The van der Waals surface area contributed by atoms with Crippen LogP contribution in [-0.4, -0.2) is 37.4 Å². The minimum Gasteiger partial charge on any atom is -0.493 e. The van der Waals surface area contributed by atoms with Crippen molar-refractivity contribution in [1.29, 1.82) is 0 Å². The van der Waals surface area contributed by atoms with Crippen LogP contribution in [0.3, 0.4) is 0 Å². The number of aryl methyl sites for hydroxylation is 1. The first-order chi connectivity index (χ1) is 12.5. The highest BCUT2D eigenvalue weighted by atomic mass is 16.5. The summed E-state index contributed by atoms with van der Waals surface area (Å²) in [7, 11) is 1.56. The highest BCUT2D eigenvalue weighted by Gasteiger charge is 2.09. The van der Waals surface area contributed by atoms with Gasteiger partial charge in [0.2, 0.25) is 0 Å². The first kappa shape index (κ1) is 19.8. The van der Waals surface area contributed by atoms with E-state index in [0.717, 1.165) is 16.8 Å². The van der Waals surface area contributed by atoms with Crippen molar-refractivity contribution in [3.63, 3.8) is 0 Å². The largest absolute Gasteiger partial charge is 0.493 e. The number of rotatable bonds is 9. The predicted molar refractivity (Wildman–Crippen MR) is 102 cm³/mol. The summed E-state index contributed by atoms with van der Waals surface area (Å²) >= 11 is 0. The zero-order valence-electron chi connectivity index (χ0n) is 15.4. The van der Waals surface area contributed by atoms with Gasteiger partial charge in [-0.05, 0) is 43.7 Å². The third-order valence-electron chi connectivity index (χ3n) is 3.69. The van der Waals surface area contributed by atoms with Crippen molar-refractivity contribution in [2.75, 3.05) is 25.6 Å². The number of hydrogen-bond acceptors (Lipinski definition) is 5. The average Bonchev–Trinajstić information content (AvgIpc) is 2.62. The van der Waals surface area contributed by atoms with Gasteiger partial charge in [-0.2, -0.15) is 0 Å². The van der Waals surface area contributed by atoms with Crippen LogP contribution in [0.25, 0.3) is 0 Å². The number of hydrogen-bond donors (Lipinski definition) is 3. The molecule has 0 aliphatic rings. The molecule has 1 atom stereocenters. The molecular weight excluding hydrogens is 332 g/mol. The van der Waals surface area contributed by atoms with Crippen LogP contribution in [0.4, 0.5) is 5.69 Å². The van der Waals surface area contributed by atoms with Crippen molar-refractivity contribution < 1.29 is 19.4 Å². The third-order valence-corrected chi connectivity index (χ3v) is 3.69. The van der Waals surface area contributed by atoms with Crippen LogP contribution < -0.4 is 20.1 Å². The second kappa shape index (κ2) is 9.79. The van der Waals surface area contributed by atoms with Gasteiger partial charge in [0.15, 0.2) is 18.1 Å². The van der Waals surface area contributed by atoms with Crippen molar-refractivity contribution in [2.24, 2.45) is 0 Å². The zero-order valence-corrected chi connectivity index (χ0v) is 15.4. The number of aliphatic hydroxyl groups excluding tert-OH is 1. The van der Waals surface area contributed by atoms with Gasteiger partial charge in [-0.15, -0.1) is 0 Å². The summed E-state index contributed by atoms with van der Waals surface area (Å²) in [6, 6.07) is 13.1. The smallest absolute Gasteiger partial charge is 0.262 e. The molecular formula is C20H26N2O4. The molecule has 3 N–H and O–H groups in total. The third kappa shape index (κ3) is 6.38. The molecule has 0 unspecified atom stereocenters. The van der Waals surface area contributed by atoms with Crippen molar-refractivity contribution >= 4 is 11.6 Å². The van der Waals surface area contributed by atoms with Crippen LogP contribution in [0.15, 0.2) is 42.5 Å². The summed E-state index contributed by atoms with van der Waals surface area (Å²) < 4.78 is 10.9. The van der Waals surface area contributed by atoms with Gasteiger partial charge in [-0.3, -0.25) is 4.79 Å². The molecule has 0 saturated carbocycles. The summed E-state index contributed by atoms with van der Waals surface area (Å²) in [5, 5.41) is 15.2. The normalized spacial score (nSPS) is 11.7. The lowest BCUT2D eigenvalue weighted by Crippen LogP contribution is -2.23. The van der Waals surface area contributed by atoms with Crippen molar-refractivity contribution in [2.45, 2.75) is 26.5 Å². The number of carbonyl (C=O) groups excluding carboxylic acids is 1. The van der Waals surface area contributed by atoms with E-state index in [1.807, 2.05) is 43.3 Å². The molecule has 1 amide bonds. The van der Waals surface area contributed by atoms with E-state index in [2.05, 4.69) is 10.6 Å². The highest BCUT2D eigenvalue weighted by molar-refractivity contribution is 5.91. The van der Waals surface area contributed by atoms with Crippen LogP contribution >= 0.6 is 0 Å². The maximum absolute atomic E-state index is 12.0. The van der Waals surface area contributed by atoms with Gasteiger partial charge in [0.1, 0.15) is 0 Å². The Bertz CT molecular complexity index is 714. The molecule has 140 valence electrons. The van der Waals surface area contributed by atoms with E-state index in [1.165, 1.54) is 0 Å². The van der Waals surface area contributed by atoms with Crippen LogP contribution in [0, 0.1) is 6.92 Å². The Morgan fingerprint density at radius 3 is 2.54 bits per heavy atom. The van der Waals surface area contributed by atoms with Crippen molar-refractivity contribution in [1.82, 2.24) is 5.32 Å². The Balaban J connectivity index is 1.89. The molecule has 0 heterocycles. The molecule has 2 rings (SSSR count). The van der Waals surface area contributed by atoms with Gasteiger partial charge in [-0.1, -0.05) is 23.8 Å². The number of ether oxygens (including phenoxy) is 2. The zero-order chi connectivity index (χ0) is 18.9. The molecule has 2 aromatic rings. The number of carbonyl (C=O) groups is 1. The van der Waals surface area contributed by atoms with Crippen LogP contribution in [0.5, 0.6) is 11.5 Å². The number of methoxy groups -OCH3 is 1. The Labute approximate surface area is 154 Å². The van der Waals surface area contributed by atoms with Crippen LogP contribution in [0.1, 0.15) is 18.1 Å². The summed E-state index contributed by atoms with van der Waals surface area (Å²) in [5.41, 5.74) is 2.86. The fourth-order valence-corrected chi connectivity index (χ4v) is 2.34. The quantitative estimate of drug-likeness (QED) is 0.642. The topological polar surface area (TPSA) is 79.8 Å². The average molecular weight is 358 g/mol. The first-order valence-electron chi connectivity index (χ1n) is 8.53. The lowest BCUT2D eigenvalue weighted by molar-refractivity contribution is -0.118. The highest BCUT2D eigenvalue weighted by Crippen LogP contribution is 2.28. The molecule has 0 aliphatic heterocycles. The van der Waals surface area contributed by atoms with Crippen LogP contribution in [-0.2, 0) is 11.3 Å². The Kier molecular flexibility index (Phi) is 7.44. The van der Waals surface area contributed by atoms with Gasteiger partial charge >= 0.3 is 0 Å². The fraction of sp³-hybridized carbons (Fsp3) is 0.350. The molecule has 26 heavy (non-hydrogen) atoms. The Morgan fingerprint density at radius 2 is 1.88 bits per heavy atom. The lowest BCUT2D eigenvalue weighted by atomic mass is 10.2. The van der Waals surface area contributed by atoms with E-state index in [-0.39, 0.29) is 12.5 Å². The molecule has 0 spiro atoms.